The number of pyridine rings is 1. The number of nitrogens with zero attached hydrogens (tertiary/aromatic N) is 2. The van der Waals surface area contributed by atoms with E-state index in [4.69, 9.17) is 10.00 Å². The Morgan fingerprint density at radius 2 is 2.13 bits per heavy atom. The summed E-state index contributed by atoms with van der Waals surface area (Å²) in [4.78, 5) is 3.92. The molecular formula is C12H12N2O. The van der Waals surface area contributed by atoms with Gasteiger partial charge >= 0.3 is 0 Å². The number of nitriles is 1. The summed E-state index contributed by atoms with van der Waals surface area (Å²) in [6, 6.07) is 5.56. The Kier molecular flexibility index (Phi) is 1.88. The molecule has 0 aromatic carbocycles. The van der Waals surface area contributed by atoms with E-state index in [1.54, 1.807) is 12.3 Å². The maximum Gasteiger partial charge on any atom is 0.144 e. The molecule has 1 heterocycles. The van der Waals surface area contributed by atoms with Gasteiger partial charge in [0.1, 0.15) is 17.5 Å². The van der Waals surface area contributed by atoms with E-state index in [0.29, 0.717) is 11.8 Å². The van der Waals surface area contributed by atoms with Crippen molar-refractivity contribution in [2.45, 2.75) is 25.4 Å². The molecule has 0 radical (unpaired) electrons. The molecule has 2 fully saturated rings. The molecule has 0 amide bonds. The van der Waals surface area contributed by atoms with Crippen LogP contribution >= 0.6 is 0 Å². The average Bonchev–Trinajstić information content (AvgIpc) is 2.87. The number of aromatic nitrogens is 1. The molecule has 76 valence electrons. The van der Waals surface area contributed by atoms with Crippen LogP contribution in [0.15, 0.2) is 18.3 Å². The summed E-state index contributed by atoms with van der Waals surface area (Å²) in [5.41, 5.74) is 0.427. The Morgan fingerprint density at radius 3 is 2.87 bits per heavy atom. The van der Waals surface area contributed by atoms with Crippen molar-refractivity contribution in [1.29, 1.82) is 5.26 Å². The Morgan fingerprint density at radius 1 is 1.33 bits per heavy atom. The molecule has 0 aliphatic heterocycles. The van der Waals surface area contributed by atoms with Gasteiger partial charge in [0.25, 0.3) is 0 Å². The fourth-order valence-electron chi connectivity index (χ4n) is 2.49. The first-order valence-electron chi connectivity index (χ1n) is 5.38. The summed E-state index contributed by atoms with van der Waals surface area (Å²) in [6.07, 6.45) is 5.77. The smallest absolute Gasteiger partial charge is 0.144 e. The van der Waals surface area contributed by atoms with Crippen LogP contribution in [0.2, 0.25) is 0 Å². The molecule has 2 aliphatic rings. The third-order valence-corrected chi connectivity index (χ3v) is 3.35. The van der Waals surface area contributed by atoms with E-state index in [-0.39, 0.29) is 0 Å². The van der Waals surface area contributed by atoms with Crippen molar-refractivity contribution in [1.82, 2.24) is 4.98 Å². The Balaban J connectivity index is 1.68. The second kappa shape index (κ2) is 3.23. The van der Waals surface area contributed by atoms with Crippen LogP contribution in [0, 0.1) is 23.2 Å². The normalized spacial score (nSPS) is 31.8. The van der Waals surface area contributed by atoms with Gasteiger partial charge in [-0.05, 0) is 37.2 Å². The quantitative estimate of drug-likeness (QED) is 0.734. The minimum Gasteiger partial charge on any atom is -0.490 e. The van der Waals surface area contributed by atoms with E-state index in [9.17, 15) is 0 Å². The highest BCUT2D eigenvalue weighted by Gasteiger charge is 2.46. The SMILES string of the molecule is N#Cc1cc(O[C@H]2CC3C[C@H]3C2)ccn1. The molecule has 3 heteroatoms. The fourth-order valence-corrected chi connectivity index (χ4v) is 2.49. The first-order valence-corrected chi connectivity index (χ1v) is 5.38. The van der Waals surface area contributed by atoms with Gasteiger partial charge in [-0.1, -0.05) is 0 Å². The van der Waals surface area contributed by atoms with Gasteiger partial charge in [-0.15, -0.1) is 0 Å². The lowest BCUT2D eigenvalue weighted by Crippen LogP contribution is -2.13. The van der Waals surface area contributed by atoms with E-state index in [2.05, 4.69) is 4.98 Å². The van der Waals surface area contributed by atoms with Crippen LogP contribution in [0.25, 0.3) is 0 Å². The lowest BCUT2D eigenvalue weighted by atomic mass is 10.2. The van der Waals surface area contributed by atoms with Gasteiger partial charge in [-0.2, -0.15) is 5.26 Å². The highest BCUT2D eigenvalue weighted by molar-refractivity contribution is 5.30. The molecule has 3 rings (SSSR count). The van der Waals surface area contributed by atoms with E-state index >= 15 is 0 Å². The van der Waals surface area contributed by atoms with Gasteiger partial charge in [-0.3, -0.25) is 0 Å². The summed E-state index contributed by atoms with van der Waals surface area (Å²) in [7, 11) is 0. The van der Waals surface area contributed by atoms with Crippen LogP contribution in [-0.2, 0) is 0 Å². The van der Waals surface area contributed by atoms with Gasteiger partial charge in [0.05, 0.1) is 6.10 Å². The molecule has 1 aromatic heterocycles. The molecule has 15 heavy (non-hydrogen) atoms. The van der Waals surface area contributed by atoms with Crippen molar-refractivity contribution in [2.75, 3.05) is 0 Å². The summed E-state index contributed by atoms with van der Waals surface area (Å²) in [5.74, 6) is 2.63. The van der Waals surface area contributed by atoms with Crippen molar-refractivity contribution in [3.05, 3.63) is 24.0 Å². The predicted octanol–water partition coefficient (Wildman–Crippen LogP) is 2.13. The van der Waals surface area contributed by atoms with Crippen LogP contribution in [-0.4, -0.2) is 11.1 Å². The van der Waals surface area contributed by atoms with Gasteiger partial charge in [0, 0.05) is 12.3 Å². The average molecular weight is 200 g/mol. The number of rotatable bonds is 2. The second-order valence-corrected chi connectivity index (χ2v) is 4.46. The zero-order valence-electron chi connectivity index (χ0n) is 8.39. The monoisotopic (exact) mass is 200 g/mol. The molecular weight excluding hydrogens is 188 g/mol. The number of ether oxygens (including phenoxy) is 1. The highest BCUT2D eigenvalue weighted by atomic mass is 16.5. The first kappa shape index (κ1) is 8.72. The van der Waals surface area contributed by atoms with Crippen LogP contribution < -0.4 is 4.74 Å². The van der Waals surface area contributed by atoms with E-state index in [1.165, 1.54) is 19.3 Å². The molecule has 2 aliphatic carbocycles. The van der Waals surface area contributed by atoms with Gasteiger partial charge in [-0.25, -0.2) is 4.98 Å². The van der Waals surface area contributed by atoms with Crippen LogP contribution in [0.1, 0.15) is 25.0 Å². The Hall–Kier alpha value is -1.56. The molecule has 0 bridgehead atoms. The lowest BCUT2D eigenvalue weighted by molar-refractivity contribution is 0.194. The van der Waals surface area contributed by atoms with Crippen LogP contribution in [0.5, 0.6) is 5.75 Å². The van der Waals surface area contributed by atoms with Gasteiger partial charge in [0.15, 0.2) is 0 Å². The van der Waals surface area contributed by atoms with Crippen LogP contribution in [0.4, 0.5) is 0 Å². The largest absolute Gasteiger partial charge is 0.490 e. The fraction of sp³-hybridized carbons (Fsp3) is 0.500. The second-order valence-electron chi connectivity index (χ2n) is 4.46. The summed E-state index contributed by atoms with van der Waals surface area (Å²) in [5, 5.41) is 8.70. The minimum absolute atomic E-state index is 0.364. The zero-order valence-corrected chi connectivity index (χ0v) is 8.39. The third kappa shape index (κ3) is 1.68. The molecule has 0 saturated heterocycles. The maximum atomic E-state index is 8.70. The number of hydrogen-bond acceptors (Lipinski definition) is 3. The van der Waals surface area contributed by atoms with Crippen molar-refractivity contribution in [3.63, 3.8) is 0 Å². The molecule has 1 aromatic rings. The summed E-state index contributed by atoms with van der Waals surface area (Å²) >= 11 is 0. The van der Waals surface area contributed by atoms with Crippen molar-refractivity contribution < 1.29 is 4.74 Å². The molecule has 0 N–H and O–H groups in total. The third-order valence-electron chi connectivity index (χ3n) is 3.35. The summed E-state index contributed by atoms with van der Waals surface area (Å²) < 4.78 is 5.83. The molecule has 2 saturated carbocycles. The molecule has 0 spiro atoms. The van der Waals surface area contributed by atoms with Crippen LogP contribution in [0.3, 0.4) is 0 Å². The number of fused-ring (bicyclic) bond motifs is 1. The topological polar surface area (TPSA) is 45.9 Å². The maximum absolute atomic E-state index is 8.70. The molecule has 3 nitrogen and oxygen atoms in total. The Bertz CT molecular complexity index is 414. The van der Waals surface area contributed by atoms with Gasteiger partial charge < -0.3 is 4.74 Å². The Labute approximate surface area is 88.7 Å². The minimum atomic E-state index is 0.364. The van der Waals surface area contributed by atoms with Crippen molar-refractivity contribution in [2.24, 2.45) is 11.8 Å². The van der Waals surface area contributed by atoms with Crippen molar-refractivity contribution >= 4 is 0 Å². The van der Waals surface area contributed by atoms with E-state index in [0.717, 1.165) is 17.6 Å². The first-order chi connectivity index (χ1) is 7.35. The summed E-state index contributed by atoms with van der Waals surface area (Å²) in [6.45, 7) is 0. The highest BCUT2D eigenvalue weighted by Crippen LogP contribution is 2.52. The lowest BCUT2D eigenvalue weighted by Gasteiger charge is -2.14. The van der Waals surface area contributed by atoms with E-state index < -0.39 is 0 Å². The van der Waals surface area contributed by atoms with Gasteiger partial charge in [0.2, 0.25) is 0 Å². The molecule has 1 unspecified atom stereocenters. The van der Waals surface area contributed by atoms with E-state index in [1.807, 2.05) is 12.1 Å². The zero-order chi connectivity index (χ0) is 10.3. The van der Waals surface area contributed by atoms with Crippen molar-refractivity contribution in [3.8, 4) is 11.8 Å². The number of hydrogen-bond donors (Lipinski definition) is 0. The molecule has 3 atom stereocenters. The standard InChI is InChI=1S/C12H12N2O/c13-7-10-6-11(1-2-14-10)15-12-4-8-3-9(8)5-12/h1-2,6,8-9,12H,3-5H2/t8-,9?,12+/m0/s1. The predicted molar refractivity (Wildman–Crippen MR) is 54.2 cm³/mol.